The van der Waals surface area contributed by atoms with Crippen LogP contribution in [0.25, 0.3) is 0 Å². The third-order valence-electron chi connectivity index (χ3n) is 3.20. The number of nitrogens with one attached hydrogen (secondary N) is 1. The highest BCUT2D eigenvalue weighted by Gasteiger charge is 2.16. The van der Waals surface area contributed by atoms with Crippen LogP contribution in [-0.2, 0) is 4.74 Å². The predicted molar refractivity (Wildman–Crippen MR) is 69.1 cm³/mol. The molecule has 1 saturated carbocycles. The number of hydrogen-bond donors (Lipinski definition) is 2. The van der Waals surface area contributed by atoms with E-state index < -0.39 is 11.7 Å². The summed E-state index contributed by atoms with van der Waals surface area (Å²) in [7, 11) is 0. The second-order valence-corrected chi connectivity index (χ2v) is 4.59. The van der Waals surface area contributed by atoms with E-state index in [9.17, 15) is 9.18 Å². The van der Waals surface area contributed by atoms with Crippen LogP contribution in [0.15, 0.2) is 12.3 Å². The first-order chi connectivity index (χ1) is 9.18. The molecule has 1 amide bonds. The minimum atomic E-state index is -0.781. The summed E-state index contributed by atoms with van der Waals surface area (Å²) in [5.41, 5.74) is 5.22. The molecule has 1 heterocycles. The Kier molecular flexibility index (Phi) is 4.68. The number of amides is 1. The fourth-order valence-electron chi connectivity index (χ4n) is 2.18. The van der Waals surface area contributed by atoms with Gasteiger partial charge in [0.2, 0.25) is 0 Å². The molecule has 0 unspecified atom stereocenters. The number of nitrogens with two attached hydrogens (primary N) is 1. The van der Waals surface area contributed by atoms with E-state index in [1.165, 1.54) is 25.1 Å². The van der Waals surface area contributed by atoms with Gasteiger partial charge < -0.3 is 15.8 Å². The van der Waals surface area contributed by atoms with Gasteiger partial charge in [0.25, 0.3) is 5.91 Å². The summed E-state index contributed by atoms with van der Waals surface area (Å²) in [5, 5.41) is 2.60. The van der Waals surface area contributed by atoms with Crippen molar-refractivity contribution in [2.75, 3.05) is 18.9 Å². The summed E-state index contributed by atoms with van der Waals surface area (Å²) < 4.78 is 19.1. The Morgan fingerprint density at radius 3 is 3.00 bits per heavy atom. The van der Waals surface area contributed by atoms with Gasteiger partial charge in [-0.15, -0.1) is 0 Å². The van der Waals surface area contributed by atoms with Crippen LogP contribution in [-0.4, -0.2) is 30.1 Å². The Morgan fingerprint density at radius 1 is 1.53 bits per heavy atom. The van der Waals surface area contributed by atoms with Gasteiger partial charge >= 0.3 is 0 Å². The molecule has 0 aromatic carbocycles. The molecule has 3 N–H and O–H groups in total. The molecule has 6 heteroatoms. The summed E-state index contributed by atoms with van der Waals surface area (Å²) in [4.78, 5) is 15.3. The SMILES string of the molecule is Nc1nccc(C(=O)NCCOC2CCCC2)c1F. The number of nitrogens with zero attached hydrogens (tertiary/aromatic N) is 1. The number of pyridine rings is 1. The summed E-state index contributed by atoms with van der Waals surface area (Å²) in [6.07, 6.45) is 6.21. The molecule has 0 saturated heterocycles. The average Bonchev–Trinajstić information content (AvgIpc) is 2.91. The minimum absolute atomic E-state index is 0.0895. The minimum Gasteiger partial charge on any atom is -0.381 e. The number of nitrogen functional groups attached to an aromatic ring is 1. The molecule has 2 rings (SSSR count). The first-order valence-corrected chi connectivity index (χ1v) is 6.48. The molecule has 1 aromatic rings. The van der Waals surface area contributed by atoms with Crippen LogP contribution >= 0.6 is 0 Å². The second kappa shape index (κ2) is 6.47. The van der Waals surface area contributed by atoms with Crippen molar-refractivity contribution in [3.05, 3.63) is 23.6 Å². The lowest BCUT2D eigenvalue weighted by Gasteiger charge is -2.11. The number of anilines is 1. The zero-order valence-electron chi connectivity index (χ0n) is 10.7. The zero-order chi connectivity index (χ0) is 13.7. The summed E-state index contributed by atoms with van der Waals surface area (Å²) in [6, 6.07) is 1.30. The van der Waals surface area contributed by atoms with E-state index in [1.54, 1.807) is 0 Å². The van der Waals surface area contributed by atoms with Gasteiger partial charge in [-0.2, -0.15) is 0 Å². The van der Waals surface area contributed by atoms with E-state index in [0.717, 1.165) is 12.8 Å². The van der Waals surface area contributed by atoms with Gasteiger partial charge in [-0.05, 0) is 18.9 Å². The number of halogens is 1. The molecule has 1 aliphatic rings. The Labute approximate surface area is 111 Å². The molecule has 1 aliphatic carbocycles. The molecule has 1 aromatic heterocycles. The lowest BCUT2D eigenvalue weighted by Crippen LogP contribution is -2.29. The van der Waals surface area contributed by atoms with Gasteiger partial charge in [0.1, 0.15) is 0 Å². The van der Waals surface area contributed by atoms with Crippen LogP contribution in [0, 0.1) is 5.82 Å². The molecule has 0 atom stereocenters. The van der Waals surface area contributed by atoms with E-state index in [0.29, 0.717) is 19.3 Å². The second-order valence-electron chi connectivity index (χ2n) is 4.59. The fourth-order valence-corrected chi connectivity index (χ4v) is 2.18. The van der Waals surface area contributed by atoms with Crippen molar-refractivity contribution in [3.8, 4) is 0 Å². The van der Waals surface area contributed by atoms with Crippen LogP contribution in [0.2, 0.25) is 0 Å². The van der Waals surface area contributed by atoms with E-state index in [-0.39, 0.29) is 11.4 Å². The molecule has 0 aliphatic heterocycles. The number of aromatic nitrogens is 1. The van der Waals surface area contributed by atoms with Crippen molar-refractivity contribution in [2.45, 2.75) is 31.8 Å². The predicted octanol–water partition coefficient (Wildman–Crippen LogP) is 1.49. The van der Waals surface area contributed by atoms with Crippen molar-refractivity contribution in [3.63, 3.8) is 0 Å². The number of ether oxygens (including phenoxy) is 1. The van der Waals surface area contributed by atoms with E-state index in [2.05, 4.69) is 10.3 Å². The summed E-state index contributed by atoms with van der Waals surface area (Å²) in [6.45, 7) is 0.801. The third kappa shape index (κ3) is 3.64. The average molecular weight is 267 g/mol. The Hall–Kier alpha value is -1.69. The standard InChI is InChI=1S/C13H18FN3O2/c14-11-10(5-6-16-12(11)15)13(18)17-7-8-19-9-3-1-2-4-9/h5-6,9H,1-4,7-8H2,(H2,15,16)(H,17,18). The monoisotopic (exact) mass is 267 g/mol. The van der Waals surface area contributed by atoms with Crippen LogP contribution < -0.4 is 11.1 Å². The molecular weight excluding hydrogens is 249 g/mol. The van der Waals surface area contributed by atoms with Crippen molar-refractivity contribution >= 4 is 11.7 Å². The topological polar surface area (TPSA) is 77.2 Å². The summed E-state index contributed by atoms with van der Waals surface area (Å²) >= 11 is 0. The smallest absolute Gasteiger partial charge is 0.254 e. The largest absolute Gasteiger partial charge is 0.381 e. The molecule has 5 nitrogen and oxygen atoms in total. The molecule has 0 radical (unpaired) electrons. The molecule has 0 bridgehead atoms. The van der Waals surface area contributed by atoms with Crippen molar-refractivity contribution < 1.29 is 13.9 Å². The van der Waals surface area contributed by atoms with Gasteiger partial charge in [0, 0.05) is 12.7 Å². The molecular formula is C13H18FN3O2. The van der Waals surface area contributed by atoms with E-state index >= 15 is 0 Å². The van der Waals surface area contributed by atoms with Gasteiger partial charge in [-0.1, -0.05) is 12.8 Å². The number of carbonyl (C=O) groups excluding carboxylic acids is 1. The van der Waals surface area contributed by atoms with Crippen LogP contribution in [0.1, 0.15) is 36.0 Å². The van der Waals surface area contributed by atoms with Gasteiger partial charge in [0.05, 0.1) is 18.3 Å². The maximum absolute atomic E-state index is 13.5. The van der Waals surface area contributed by atoms with Crippen molar-refractivity contribution in [2.24, 2.45) is 0 Å². The summed E-state index contributed by atoms with van der Waals surface area (Å²) in [5.74, 6) is -1.55. The highest BCUT2D eigenvalue weighted by molar-refractivity contribution is 5.95. The highest BCUT2D eigenvalue weighted by atomic mass is 19.1. The number of hydrogen-bond acceptors (Lipinski definition) is 4. The van der Waals surface area contributed by atoms with Crippen LogP contribution in [0.3, 0.4) is 0 Å². The lowest BCUT2D eigenvalue weighted by molar-refractivity contribution is 0.0581. The third-order valence-corrected chi connectivity index (χ3v) is 3.20. The maximum atomic E-state index is 13.5. The van der Waals surface area contributed by atoms with Gasteiger partial charge in [-0.25, -0.2) is 9.37 Å². The van der Waals surface area contributed by atoms with E-state index in [1.807, 2.05) is 0 Å². The molecule has 19 heavy (non-hydrogen) atoms. The Morgan fingerprint density at radius 2 is 2.26 bits per heavy atom. The molecule has 104 valence electrons. The van der Waals surface area contributed by atoms with Crippen LogP contribution in [0.5, 0.6) is 0 Å². The fraction of sp³-hybridized carbons (Fsp3) is 0.538. The van der Waals surface area contributed by atoms with E-state index in [4.69, 9.17) is 10.5 Å². The normalized spacial score (nSPS) is 15.6. The first kappa shape index (κ1) is 13.7. The van der Waals surface area contributed by atoms with Crippen molar-refractivity contribution in [1.29, 1.82) is 0 Å². The zero-order valence-corrected chi connectivity index (χ0v) is 10.7. The highest BCUT2D eigenvalue weighted by Crippen LogP contribution is 2.20. The molecule has 1 fully saturated rings. The van der Waals surface area contributed by atoms with Crippen molar-refractivity contribution in [1.82, 2.24) is 10.3 Å². The molecule has 0 spiro atoms. The first-order valence-electron chi connectivity index (χ1n) is 6.48. The Bertz CT molecular complexity index is 448. The maximum Gasteiger partial charge on any atom is 0.254 e. The van der Waals surface area contributed by atoms with Gasteiger partial charge in [0.15, 0.2) is 11.6 Å². The van der Waals surface area contributed by atoms with Crippen LogP contribution in [0.4, 0.5) is 10.2 Å². The Balaban J connectivity index is 1.76. The quantitative estimate of drug-likeness (QED) is 0.792. The number of rotatable bonds is 5. The van der Waals surface area contributed by atoms with Gasteiger partial charge in [-0.3, -0.25) is 4.79 Å². The number of carbonyl (C=O) groups is 1. The lowest BCUT2D eigenvalue weighted by atomic mass is 10.2.